The third kappa shape index (κ3) is 6.87. The summed E-state index contributed by atoms with van der Waals surface area (Å²) >= 11 is 17.0. The first-order valence-corrected chi connectivity index (χ1v) is 14.8. The minimum absolute atomic E-state index is 0.150. The molecule has 0 spiro atoms. The Kier molecular flexibility index (Phi) is 9.54. The van der Waals surface area contributed by atoms with Crippen LogP contribution in [-0.4, -0.2) is 82.0 Å². The Balaban J connectivity index is 1.54. The van der Waals surface area contributed by atoms with Crippen LogP contribution in [0.2, 0.25) is 0 Å². The van der Waals surface area contributed by atoms with Gasteiger partial charge in [-0.3, -0.25) is 23.9 Å². The van der Waals surface area contributed by atoms with Gasteiger partial charge in [0, 0.05) is 12.1 Å². The van der Waals surface area contributed by atoms with E-state index in [4.69, 9.17) is 49.0 Å². The number of nitro benzene ring substituents is 1. The number of imide groups is 1. The maximum absolute atomic E-state index is 13.6. The maximum Gasteiger partial charge on any atom is 0.417 e. The van der Waals surface area contributed by atoms with Gasteiger partial charge in [0.15, 0.2) is 12.6 Å². The second-order valence-electron chi connectivity index (χ2n) is 9.95. The third-order valence-corrected chi connectivity index (χ3v) is 9.20. The van der Waals surface area contributed by atoms with Crippen LogP contribution in [-0.2, 0) is 41.3 Å². The van der Waals surface area contributed by atoms with Crippen molar-refractivity contribution < 1.29 is 42.5 Å². The smallest absolute Gasteiger partial charge is 0.417 e. The predicted octanol–water partition coefficient (Wildman–Crippen LogP) is 3.50. The van der Waals surface area contributed by atoms with Crippen LogP contribution in [0.15, 0.2) is 54.6 Å². The van der Waals surface area contributed by atoms with Gasteiger partial charge in [0.2, 0.25) is 3.79 Å². The van der Waals surface area contributed by atoms with Crippen LogP contribution in [0.4, 0.5) is 10.5 Å². The standard InChI is InChI=1S/C26H24Cl3N3O10S/c1-25(2)20(23(35)41-12-15-8-10-16(11-9-15)32(37)38)31-21(34)19(22(31)43(25)39)30(24(36)42-14-26(27,28)29)18(33)13-40-17-6-4-3-5-7-17/h3-11,19-20,22H,12-14H2,1-2H3/t19?,20?,22-,43?/m0/s1. The molecule has 2 saturated heterocycles. The highest BCUT2D eigenvalue weighted by Gasteiger charge is 2.70. The first-order valence-electron chi connectivity index (χ1n) is 12.5. The number of carbonyl (C=O) groups is 4. The zero-order valence-corrected chi connectivity index (χ0v) is 25.6. The van der Waals surface area contributed by atoms with Crippen LogP contribution in [0, 0.1) is 10.1 Å². The molecule has 17 heteroatoms. The number of β-lactam (4-membered cyclic amide) rings is 1. The SMILES string of the molecule is CC1(C)C(C(=O)OCc2ccc([N+](=O)[O-])cc2)N2C(=O)C(N(C(=O)COc3ccccc3)C(=O)OCC(Cl)(Cl)Cl)[C@@H]2S1=O. The molecule has 2 aromatic rings. The number of carbonyl (C=O) groups excluding carboxylic acids is 4. The lowest BCUT2D eigenvalue weighted by Crippen LogP contribution is -2.73. The van der Waals surface area contributed by atoms with Gasteiger partial charge in [-0.2, -0.15) is 0 Å². The van der Waals surface area contributed by atoms with E-state index >= 15 is 0 Å². The molecule has 0 aliphatic carbocycles. The molecular weight excluding hydrogens is 653 g/mol. The van der Waals surface area contributed by atoms with Crippen molar-refractivity contribution in [1.29, 1.82) is 0 Å². The van der Waals surface area contributed by atoms with Crippen molar-refractivity contribution in [2.75, 3.05) is 13.2 Å². The fourth-order valence-electron chi connectivity index (χ4n) is 4.62. The molecule has 0 saturated carbocycles. The van der Waals surface area contributed by atoms with Crippen molar-refractivity contribution in [2.45, 2.75) is 46.5 Å². The van der Waals surface area contributed by atoms with Gasteiger partial charge in [-0.05, 0) is 43.7 Å². The summed E-state index contributed by atoms with van der Waals surface area (Å²) < 4.78 is 26.0. The molecule has 2 aliphatic heterocycles. The van der Waals surface area contributed by atoms with E-state index in [0.29, 0.717) is 16.2 Å². The molecular formula is C26H24Cl3N3O10S. The summed E-state index contributed by atoms with van der Waals surface area (Å²) in [5.41, 5.74) is 0.287. The fourth-order valence-corrected chi connectivity index (χ4v) is 6.74. The van der Waals surface area contributed by atoms with Crippen LogP contribution in [0.1, 0.15) is 19.4 Å². The molecule has 2 aliphatic rings. The number of halogens is 3. The number of benzene rings is 2. The molecule has 0 aromatic heterocycles. The van der Waals surface area contributed by atoms with E-state index in [-0.39, 0.29) is 12.3 Å². The number of hydrogen-bond acceptors (Lipinski definition) is 10. The quantitative estimate of drug-likeness (QED) is 0.126. The van der Waals surface area contributed by atoms with Crippen molar-refractivity contribution >= 4 is 75.2 Å². The Bertz CT molecular complexity index is 1450. The molecule has 2 heterocycles. The maximum atomic E-state index is 13.6. The molecule has 0 N–H and O–H groups in total. The highest BCUT2D eigenvalue weighted by atomic mass is 35.6. The largest absolute Gasteiger partial charge is 0.484 e. The Labute approximate surface area is 262 Å². The average molecular weight is 677 g/mol. The van der Waals surface area contributed by atoms with Gasteiger partial charge in [-0.25, -0.2) is 14.5 Å². The monoisotopic (exact) mass is 675 g/mol. The second kappa shape index (κ2) is 12.6. The van der Waals surface area contributed by atoms with E-state index in [1.54, 1.807) is 30.3 Å². The molecule has 13 nitrogen and oxygen atoms in total. The topological polar surface area (TPSA) is 163 Å². The minimum Gasteiger partial charge on any atom is -0.484 e. The van der Waals surface area contributed by atoms with Crippen LogP contribution in [0.25, 0.3) is 0 Å². The highest BCUT2D eigenvalue weighted by molar-refractivity contribution is 7.87. The van der Waals surface area contributed by atoms with Crippen molar-refractivity contribution in [1.82, 2.24) is 9.80 Å². The number of nitro groups is 1. The lowest BCUT2D eigenvalue weighted by atomic mass is 9.95. The number of rotatable bonds is 9. The second-order valence-corrected chi connectivity index (χ2v) is 14.6. The number of non-ortho nitro benzene ring substituents is 1. The highest BCUT2D eigenvalue weighted by Crippen LogP contribution is 2.46. The molecule has 4 rings (SSSR count). The number of fused-ring (bicyclic) bond motifs is 1. The number of para-hydroxylation sites is 1. The lowest BCUT2D eigenvalue weighted by Gasteiger charge is -2.46. The molecule has 230 valence electrons. The lowest BCUT2D eigenvalue weighted by molar-refractivity contribution is -0.384. The average Bonchev–Trinajstić information content (AvgIpc) is 3.14. The summed E-state index contributed by atoms with van der Waals surface area (Å²) in [6.07, 6.45) is -1.34. The van der Waals surface area contributed by atoms with Crippen molar-refractivity contribution in [2.24, 2.45) is 0 Å². The Morgan fingerprint density at radius 1 is 1.07 bits per heavy atom. The van der Waals surface area contributed by atoms with Crippen LogP contribution < -0.4 is 4.74 Å². The normalized spacial score (nSPS) is 22.2. The summed E-state index contributed by atoms with van der Waals surface area (Å²) in [7, 11) is -1.99. The van der Waals surface area contributed by atoms with Crippen LogP contribution in [0.5, 0.6) is 5.75 Å². The Hall–Kier alpha value is -3.46. The van der Waals surface area contributed by atoms with Crippen molar-refractivity contribution in [3.63, 3.8) is 0 Å². The zero-order valence-electron chi connectivity index (χ0n) is 22.5. The van der Waals surface area contributed by atoms with Crippen molar-refractivity contribution in [3.8, 4) is 5.75 Å². The number of amides is 3. The van der Waals surface area contributed by atoms with Crippen molar-refractivity contribution in [3.05, 3.63) is 70.3 Å². The van der Waals surface area contributed by atoms with Gasteiger partial charge in [0.25, 0.3) is 17.5 Å². The van der Waals surface area contributed by atoms with E-state index in [0.717, 1.165) is 4.90 Å². The summed E-state index contributed by atoms with van der Waals surface area (Å²) in [5, 5.41) is 9.60. The first-order chi connectivity index (χ1) is 20.1. The first kappa shape index (κ1) is 32.5. The van der Waals surface area contributed by atoms with Crippen LogP contribution >= 0.6 is 34.8 Å². The summed E-state index contributed by atoms with van der Waals surface area (Å²) in [5.74, 6) is -2.46. The van der Waals surface area contributed by atoms with E-state index in [9.17, 15) is 33.5 Å². The zero-order chi connectivity index (χ0) is 31.7. The molecule has 3 unspecified atom stereocenters. The molecule has 43 heavy (non-hydrogen) atoms. The van der Waals surface area contributed by atoms with E-state index in [2.05, 4.69) is 0 Å². The van der Waals surface area contributed by atoms with E-state index in [1.165, 1.54) is 38.1 Å². The number of hydrogen-bond donors (Lipinski definition) is 0. The van der Waals surface area contributed by atoms with Gasteiger partial charge >= 0.3 is 12.1 Å². The summed E-state index contributed by atoms with van der Waals surface area (Å²) in [6.45, 7) is 1.23. The summed E-state index contributed by atoms with van der Waals surface area (Å²) in [6, 6.07) is 10.5. The Morgan fingerprint density at radius 2 is 1.70 bits per heavy atom. The summed E-state index contributed by atoms with van der Waals surface area (Å²) in [4.78, 5) is 64.8. The van der Waals surface area contributed by atoms with Gasteiger partial charge in [0.05, 0.1) is 20.5 Å². The molecule has 2 fully saturated rings. The number of ether oxygens (including phenoxy) is 3. The molecule has 3 amide bonds. The van der Waals surface area contributed by atoms with E-state index < -0.39 is 78.8 Å². The van der Waals surface area contributed by atoms with Gasteiger partial charge in [-0.15, -0.1) is 0 Å². The third-order valence-electron chi connectivity index (χ3n) is 6.69. The predicted molar refractivity (Wildman–Crippen MR) is 154 cm³/mol. The minimum atomic E-state index is -2.03. The fraction of sp³-hybridized carbons (Fsp3) is 0.385. The van der Waals surface area contributed by atoms with Gasteiger partial charge in [-0.1, -0.05) is 53.0 Å². The molecule has 4 atom stereocenters. The van der Waals surface area contributed by atoms with Gasteiger partial charge < -0.3 is 19.1 Å². The molecule has 0 bridgehead atoms. The van der Waals surface area contributed by atoms with Gasteiger partial charge in [0.1, 0.15) is 30.4 Å². The number of nitrogens with zero attached hydrogens (tertiary/aromatic N) is 3. The molecule has 0 radical (unpaired) electrons. The Morgan fingerprint density at radius 3 is 2.28 bits per heavy atom. The molecule has 2 aromatic carbocycles. The number of esters is 1. The number of alkyl halides is 3. The van der Waals surface area contributed by atoms with Crippen LogP contribution in [0.3, 0.4) is 0 Å². The van der Waals surface area contributed by atoms with E-state index in [1.807, 2.05) is 0 Å².